The van der Waals surface area contributed by atoms with E-state index in [0.29, 0.717) is 30.1 Å². The Hall–Kier alpha value is -1.88. The maximum atomic E-state index is 12.2. The number of carbonyl (C=O) groups is 2. The molecule has 2 saturated carbocycles. The maximum Gasteiger partial charge on any atom is 0.253 e. The van der Waals surface area contributed by atoms with Crippen LogP contribution < -0.4 is 16.4 Å². The normalized spacial score (nSPS) is 19.9. The Morgan fingerprint density at radius 2 is 1.90 bits per heavy atom. The van der Waals surface area contributed by atoms with Crippen LogP contribution in [0.15, 0.2) is 24.3 Å². The van der Waals surface area contributed by atoms with E-state index in [4.69, 9.17) is 5.73 Å². The average Bonchev–Trinajstić information content (AvgIpc) is 3.20. The molecule has 2 fully saturated rings. The second-order valence-electron chi connectivity index (χ2n) is 5.76. The van der Waals surface area contributed by atoms with E-state index in [1.54, 1.807) is 24.3 Å². The first-order valence-electron chi connectivity index (χ1n) is 7.09. The molecule has 2 aliphatic rings. The molecule has 2 amide bonds. The summed E-state index contributed by atoms with van der Waals surface area (Å²) in [5.41, 5.74) is 6.27. The van der Waals surface area contributed by atoms with Crippen molar-refractivity contribution in [1.29, 1.82) is 0 Å². The Balaban J connectivity index is 1.75. The number of hydrogen-bond acceptors (Lipinski definition) is 3. The van der Waals surface area contributed by atoms with Crippen LogP contribution in [0.4, 0.5) is 5.69 Å². The van der Waals surface area contributed by atoms with Crippen molar-refractivity contribution in [3.8, 4) is 0 Å². The summed E-state index contributed by atoms with van der Waals surface area (Å²) in [5.74, 6) is -0.335. The molecule has 2 aliphatic carbocycles. The van der Waals surface area contributed by atoms with Crippen molar-refractivity contribution >= 4 is 17.5 Å². The molecule has 5 heteroatoms. The van der Waals surface area contributed by atoms with Gasteiger partial charge in [0.25, 0.3) is 5.91 Å². The standard InChI is InChI=1S/C15H19N3O2/c16-15(8-3-9-15)14(20)18-12-5-2-1-4-11(12)13(19)17-10-6-7-10/h1-2,4-5,10H,3,6-9,16H2,(H,17,19)(H,18,20). The van der Waals surface area contributed by atoms with Crippen LogP contribution in [-0.2, 0) is 4.79 Å². The molecule has 0 aliphatic heterocycles. The van der Waals surface area contributed by atoms with Gasteiger partial charge < -0.3 is 16.4 Å². The highest BCUT2D eigenvalue weighted by atomic mass is 16.2. The highest BCUT2D eigenvalue weighted by Crippen LogP contribution is 2.31. The van der Waals surface area contributed by atoms with Gasteiger partial charge in [0.15, 0.2) is 0 Å². The predicted molar refractivity (Wildman–Crippen MR) is 76.3 cm³/mol. The largest absolute Gasteiger partial charge is 0.349 e. The summed E-state index contributed by atoms with van der Waals surface area (Å²) in [6, 6.07) is 7.34. The molecule has 0 saturated heterocycles. The third-order valence-corrected chi connectivity index (χ3v) is 4.03. The third kappa shape index (κ3) is 2.54. The topological polar surface area (TPSA) is 84.2 Å². The van der Waals surface area contributed by atoms with E-state index in [-0.39, 0.29) is 11.8 Å². The minimum Gasteiger partial charge on any atom is -0.349 e. The number of anilines is 1. The zero-order chi connectivity index (χ0) is 14.2. The van der Waals surface area contributed by atoms with E-state index >= 15 is 0 Å². The lowest BCUT2D eigenvalue weighted by Gasteiger charge is -2.36. The summed E-state index contributed by atoms with van der Waals surface area (Å²) < 4.78 is 0. The number of rotatable bonds is 4. The summed E-state index contributed by atoms with van der Waals surface area (Å²) in [6.07, 6.45) is 4.45. The van der Waals surface area contributed by atoms with E-state index < -0.39 is 5.54 Å². The molecule has 0 atom stereocenters. The first-order chi connectivity index (χ1) is 9.58. The van der Waals surface area contributed by atoms with Crippen LogP contribution in [0.5, 0.6) is 0 Å². The van der Waals surface area contributed by atoms with Crippen LogP contribution in [0, 0.1) is 0 Å². The lowest BCUT2D eigenvalue weighted by Crippen LogP contribution is -2.56. The second kappa shape index (κ2) is 4.90. The van der Waals surface area contributed by atoms with E-state index in [2.05, 4.69) is 10.6 Å². The zero-order valence-electron chi connectivity index (χ0n) is 11.3. The van der Waals surface area contributed by atoms with Gasteiger partial charge in [-0.05, 0) is 44.2 Å². The summed E-state index contributed by atoms with van der Waals surface area (Å²) in [6.45, 7) is 0. The summed E-state index contributed by atoms with van der Waals surface area (Å²) in [7, 11) is 0. The Labute approximate surface area is 117 Å². The molecular formula is C15H19N3O2. The van der Waals surface area contributed by atoms with E-state index in [1.165, 1.54) is 0 Å². The van der Waals surface area contributed by atoms with Crippen molar-refractivity contribution in [2.45, 2.75) is 43.7 Å². The molecule has 0 spiro atoms. The van der Waals surface area contributed by atoms with Gasteiger partial charge >= 0.3 is 0 Å². The van der Waals surface area contributed by atoms with E-state index in [0.717, 1.165) is 19.3 Å². The molecule has 106 valence electrons. The van der Waals surface area contributed by atoms with Crippen molar-refractivity contribution in [3.05, 3.63) is 29.8 Å². The fourth-order valence-electron chi connectivity index (χ4n) is 2.31. The highest BCUT2D eigenvalue weighted by Gasteiger charge is 2.40. The van der Waals surface area contributed by atoms with E-state index in [9.17, 15) is 9.59 Å². The fraction of sp³-hybridized carbons (Fsp3) is 0.467. The fourth-order valence-corrected chi connectivity index (χ4v) is 2.31. The van der Waals surface area contributed by atoms with Crippen LogP contribution in [0.1, 0.15) is 42.5 Å². The molecule has 4 N–H and O–H groups in total. The van der Waals surface area contributed by atoms with Gasteiger partial charge in [-0.1, -0.05) is 12.1 Å². The molecule has 5 nitrogen and oxygen atoms in total. The maximum absolute atomic E-state index is 12.2. The molecule has 1 aromatic carbocycles. The molecule has 20 heavy (non-hydrogen) atoms. The van der Waals surface area contributed by atoms with Crippen LogP contribution >= 0.6 is 0 Å². The molecule has 0 bridgehead atoms. The Morgan fingerprint density at radius 1 is 1.20 bits per heavy atom. The number of nitrogens with two attached hydrogens (primary N) is 1. The summed E-state index contributed by atoms with van der Waals surface area (Å²) in [4.78, 5) is 24.3. The van der Waals surface area contributed by atoms with Crippen molar-refractivity contribution in [3.63, 3.8) is 0 Å². The summed E-state index contributed by atoms with van der Waals surface area (Å²) in [5, 5.41) is 5.73. The van der Waals surface area contributed by atoms with Crippen molar-refractivity contribution in [2.24, 2.45) is 5.73 Å². The Morgan fingerprint density at radius 3 is 2.50 bits per heavy atom. The van der Waals surface area contributed by atoms with Crippen LogP contribution in [0.3, 0.4) is 0 Å². The smallest absolute Gasteiger partial charge is 0.253 e. The number of amides is 2. The molecule has 1 aromatic rings. The molecule has 0 aromatic heterocycles. The lowest BCUT2D eigenvalue weighted by molar-refractivity contribution is -0.123. The first kappa shape index (κ1) is 13.1. The van der Waals surface area contributed by atoms with Gasteiger partial charge in [0.1, 0.15) is 0 Å². The molecular weight excluding hydrogens is 254 g/mol. The average molecular weight is 273 g/mol. The van der Waals surface area contributed by atoms with Gasteiger partial charge in [0, 0.05) is 6.04 Å². The monoisotopic (exact) mass is 273 g/mol. The number of benzene rings is 1. The molecule has 0 radical (unpaired) electrons. The molecule has 0 unspecified atom stereocenters. The summed E-state index contributed by atoms with van der Waals surface area (Å²) >= 11 is 0. The Kier molecular flexibility index (Phi) is 3.22. The Bertz CT molecular complexity index is 548. The van der Waals surface area contributed by atoms with E-state index in [1.807, 2.05) is 0 Å². The third-order valence-electron chi connectivity index (χ3n) is 4.03. The van der Waals surface area contributed by atoms with Crippen LogP contribution in [0.25, 0.3) is 0 Å². The minimum atomic E-state index is -0.764. The van der Waals surface area contributed by atoms with Crippen molar-refractivity contribution in [1.82, 2.24) is 5.32 Å². The van der Waals surface area contributed by atoms with Gasteiger partial charge in [0.05, 0.1) is 16.8 Å². The number of para-hydroxylation sites is 1. The van der Waals surface area contributed by atoms with Crippen LogP contribution in [0.2, 0.25) is 0 Å². The van der Waals surface area contributed by atoms with Gasteiger partial charge in [-0.3, -0.25) is 9.59 Å². The quantitative estimate of drug-likeness (QED) is 0.775. The van der Waals surface area contributed by atoms with Crippen molar-refractivity contribution < 1.29 is 9.59 Å². The number of carbonyl (C=O) groups excluding carboxylic acids is 2. The van der Waals surface area contributed by atoms with Gasteiger partial charge in [-0.2, -0.15) is 0 Å². The molecule has 0 heterocycles. The van der Waals surface area contributed by atoms with Gasteiger partial charge in [-0.25, -0.2) is 0 Å². The molecule has 3 rings (SSSR count). The SMILES string of the molecule is NC1(C(=O)Nc2ccccc2C(=O)NC2CC2)CCC1. The van der Waals surface area contributed by atoms with Gasteiger partial charge in [-0.15, -0.1) is 0 Å². The predicted octanol–water partition coefficient (Wildman–Crippen LogP) is 1.40. The first-order valence-corrected chi connectivity index (χ1v) is 7.09. The minimum absolute atomic E-state index is 0.136. The van der Waals surface area contributed by atoms with Crippen LogP contribution in [-0.4, -0.2) is 23.4 Å². The van der Waals surface area contributed by atoms with Gasteiger partial charge in [0.2, 0.25) is 5.91 Å². The highest BCUT2D eigenvalue weighted by molar-refractivity contribution is 6.06. The number of nitrogens with one attached hydrogen (secondary N) is 2. The number of hydrogen-bond donors (Lipinski definition) is 3. The van der Waals surface area contributed by atoms with Crippen molar-refractivity contribution in [2.75, 3.05) is 5.32 Å². The second-order valence-corrected chi connectivity index (χ2v) is 5.76. The lowest BCUT2D eigenvalue weighted by atomic mass is 9.77. The zero-order valence-corrected chi connectivity index (χ0v) is 11.3.